The van der Waals surface area contributed by atoms with Gasteiger partial charge in [-0.2, -0.15) is 0 Å². The van der Waals surface area contributed by atoms with Crippen molar-refractivity contribution in [2.75, 3.05) is 0 Å². The summed E-state index contributed by atoms with van der Waals surface area (Å²) in [5, 5.41) is 1.66. The maximum absolute atomic E-state index is 12.9. The first-order chi connectivity index (χ1) is 11.1. The minimum atomic E-state index is -0.0918. The van der Waals surface area contributed by atoms with Gasteiger partial charge in [-0.05, 0) is 37.3 Å². The highest BCUT2D eigenvalue weighted by atomic mass is 16.7. The monoisotopic (exact) mass is 307 g/mol. The Bertz CT molecular complexity index is 879. The minimum absolute atomic E-state index is 0.0669. The molecule has 0 fully saturated rings. The topological polar surface area (TPSA) is 31.2 Å². The summed E-state index contributed by atoms with van der Waals surface area (Å²) in [6.07, 6.45) is 0.652. The van der Waals surface area contributed by atoms with Crippen molar-refractivity contribution in [1.82, 2.24) is 4.73 Å². The Morgan fingerprint density at radius 1 is 0.957 bits per heavy atom. The summed E-state index contributed by atoms with van der Waals surface area (Å²) in [7, 11) is 0. The van der Waals surface area contributed by atoms with Gasteiger partial charge in [-0.3, -0.25) is 4.79 Å². The molecule has 3 nitrogen and oxygen atoms in total. The molecule has 2 aromatic carbocycles. The molecule has 0 N–H and O–H groups in total. The summed E-state index contributed by atoms with van der Waals surface area (Å²) in [5.74, 6) is 0. The van der Waals surface area contributed by atoms with Crippen LogP contribution in [0.3, 0.4) is 0 Å². The van der Waals surface area contributed by atoms with Crippen molar-refractivity contribution in [3.05, 3.63) is 70.6 Å². The van der Waals surface area contributed by atoms with Gasteiger partial charge in [0.2, 0.25) is 0 Å². The second-order valence-corrected chi connectivity index (χ2v) is 5.84. The summed E-state index contributed by atoms with van der Waals surface area (Å²) >= 11 is 0. The van der Waals surface area contributed by atoms with Crippen LogP contribution in [0.2, 0.25) is 0 Å². The van der Waals surface area contributed by atoms with Crippen LogP contribution in [-0.2, 0) is 6.42 Å². The Labute approximate surface area is 136 Å². The van der Waals surface area contributed by atoms with Crippen LogP contribution < -0.4 is 10.4 Å². The second-order valence-electron chi connectivity index (χ2n) is 5.84. The van der Waals surface area contributed by atoms with Crippen LogP contribution in [0.15, 0.2) is 59.4 Å². The maximum atomic E-state index is 12.9. The quantitative estimate of drug-likeness (QED) is 0.727. The van der Waals surface area contributed by atoms with E-state index < -0.39 is 0 Å². The van der Waals surface area contributed by atoms with Crippen molar-refractivity contribution in [2.24, 2.45) is 0 Å². The molecule has 0 aliphatic carbocycles. The summed E-state index contributed by atoms with van der Waals surface area (Å²) in [4.78, 5) is 18.7. The fraction of sp³-hybridized carbons (Fsp3) is 0.250. The van der Waals surface area contributed by atoms with Gasteiger partial charge in [0, 0.05) is 5.56 Å². The van der Waals surface area contributed by atoms with E-state index in [2.05, 4.69) is 19.1 Å². The molecule has 23 heavy (non-hydrogen) atoms. The van der Waals surface area contributed by atoms with Gasteiger partial charge in [-0.15, -0.1) is 4.73 Å². The Balaban J connectivity index is 2.45. The number of nitrogens with zero attached hydrogens (tertiary/aromatic N) is 1. The number of pyridine rings is 1. The van der Waals surface area contributed by atoms with Crippen molar-refractivity contribution in [2.45, 2.75) is 33.3 Å². The van der Waals surface area contributed by atoms with E-state index >= 15 is 0 Å². The molecule has 1 aromatic heterocycles. The SMILES string of the molecule is CCc1c(-c2ccccc2)c2ccccc2c(=O)n1OC(C)C. The van der Waals surface area contributed by atoms with E-state index in [9.17, 15) is 4.79 Å². The van der Waals surface area contributed by atoms with E-state index in [0.717, 1.165) is 28.6 Å². The van der Waals surface area contributed by atoms with Gasteiger partial charge < -0.3 is 4.84 Å². The molecule has 0 bridgehead atoms. The van der Waals surface area contributed by atoms with Crippen LogP contribution in [0.25, 0.3) is 21.9 Å². The lowest BCUT2D eigenvalue weighted by Gasteiger charge is -2.20. The molecule has 118 valence electrons. The number of aromatic nitrogens is 1. The Morgan fingerprint density at radius 3 is 2.17 bits per heavy atom. The van der Waals surface area contributed by atoms with Crippen LogP contribution in [0.4, 0.5) is 0 Å². The third-order valence-corrected chi connectivity index (χ3v) is 3.86. The molecule has 0 unspecified atom stereocenters. The first kappa shape index (κ1) is 15.3. The summed E-state index contributed by atoms with van der Waals surface area (Å²) < 4.78 is 1.48. The van der Waals surface area contributed by atoms with Gasteiger partial charge in [0.25, 0.3) is 5.56 Å². The van der Waals surface area contributed by atoms with Gasteiger partial charge in [0.1, 0.15) is 6.10 Å². The Kier molecular flexibility index (Phi) is 4.20. The maximum Gasteiger partial charge on any atom is 0.291 e. The number of rotatable bonds is 4. The fourth-order valence-corrected chi connectivity index (χ4v) is 2.95. The van der Waals surface area contributed by atoms with Crippen LogP contribution in [0.5, 0.6) is 0 Å². The number of fused-ring (bicyclic) bond motifs is 1. The minimum Gasteiger partial charge on any atom is -0.408 e. The fourth-order valence-electron chi connectivity index (χ4n) is 2.95. The first-order valence-electron chi connectivity index (χ1n) is 8.02. The van der Waals surface area contributed by atoms with Gasteiger partial charge in [0.05, 0.1) is 11.1 Å². The Morgan fingerprint density at radius 2 is 1.57 bits per heavy atom. The van der Waals surface area contributed by atoms with E-state index in [1.807, 2.05) is 56.3 Å². The summed E-state index contributed by atoms with van der Waals surface area (Å²) in [6, 6.07) is 17.9. The van der Waals surface area contributed by atoms with E-state index in [-0.39, 0.29) is 11.7 Å². The molecule has 0 spiro atoms. The predicted molar refractivity (Wildman–Crippen MR) is 94.7 cm³/mol. The first-order valence-corrected chi connectivity index (χ1v) is 8.02. The molecule has 0 amide bonds. The van der Waals surface area contributed by atoms with Gasteiger partial charge in [-0.25, -0.2) is 0 Å². The van der Waals surface area contributed by atoms with E-state index in [0.29, 0.717) is 5.39 Å². The van der Waals surface area contributed by atoms with Crippen molar-refractivity contribution in [3.8, 4) is 11.1 Å². The summed E-state index contributed by atoms with van der Waals surface area (Å²) in [5.41, 5.74) is 2.99. The molecular formula is C20H21NO2. The molecule has 0 radical (unpaired) electrons. The van der Waals surface area contributed by atoms with Gasteiger partial charge >= 0.3 is 0 Å². The highest BCUT2D eigenvalue weighted by Crippen LogP contribution is 2.30. The standard InChI is InChI=1S/C20H21NO2/c1-4-18-19(15-10-6-5-7-11-15)16-12-8-9-13-17(16)20(22)21(18)23-14(2)3/h5-14H,4H2,1-3H3. The highest BCUT2D eigenvalue weighted by molar-refractivity contribution is 5.97. The van der Waals surface area contributed by atoms with E-state index in [4.69, 9.17) is 4.84 Å². The average Bonchev–Trinajstić information content (AvgIpc) is 2.57. The van der Waals surface area contributed by atoms with Gasteiger partial charge in [-0.1, -0.05) is 55.5 Å². The molecule has 0 aliphatic rings. The van der Waals surface area contributed by atoms with Crippen molar-refractivity contribution >= 4 is 10.8 Å². The largest absolute Gasteiger partial charge is 0.408 e. The molecule has 0 saturated carbocycles. The number of hydrogen-bond donors (Lipinski definition) is 0. The lowest BCUT2D eigenvalue weighted by atomic mass is 9.96. The third-order valence-electron chi connectivity index (χ3n) is 3.86. The van der Waals surface area contributed by atoms with Crippen LogP contribution in [0, 0.1) is 0 Å². The highest BCUT2D eigenvalue weighted by Gasteiger charge is 2.18. The smallest absolute Gasteiger partial charge is 0.291 e. The zero-order valence-corrected chi connectivity index (χ0v) is 13.7. The molecule has 0 aliphatic heterocycles. The van der Waals surface area contributed by atoms with Crippen molar-refractivity contribution in [1.29, 1.82) is 0 Å². The lowest BCUT2D eigenvalue weighted by molar-refractivity contribution is 0.0489. The van der Waals surface area contributed by atoms with Crippen LogP contribution in [0.1, 0.15) is 26.5 Å². The molecule has 0 atom stereocenters. The molecule has 3 heteroatoms. The molecule has 3 rings (SSSR count). The summed E-state index contributed by atoms with van der Waals surface area (Å²) in [6.45, 7) is 5.92. The van der Waals surface area contributed by atoms with E-state index in [1.54, 1.807) is 0 Å². The number of benzene rings is 2. The molecule has 1 heterocycles. The lowest BCUT2D eigenvalue weighted by Crippen LogP contribution is -2.34. The van der Waals surface area contributed by atoms with Crippen molar-refractivity contribution in [3.63, 3.8) is 0 Å². The van der Waals surface area contributed by atoms with Crippen LogP contribution >= 0.6 is 0 Å². The van der Waals surface area contributed by atoms with Crippen LogP contribution in [-0.4, -0.2) is 10.8 Å². The normalized spacial score (nSPS) is 11.1. The molecular weight excluding hydrogens is 286 g/mol. The third kappa shape index (κ3) is 2.74. The number of hydrogen-bond acceptors (Lipinski definition) is 2. The Hall–Kier alpha value is -2.55. The second kappa shape index (κ2) is 6.29. The predicted octanol–water partition coefficient (Wildman–Crippen LogP) is 4.07. The average molecular weight is 307 g/mol. The molecule has 3 aromatic rings. The zero-order chi connectivity index (χ0) is 16.4. The van der Waals surface area contributed by atoms with Crippen molar-refractivity contribution < 1.29 is 4.84 Å². The van der Waals surface area contributed by atoms with E-state index in [1.165, 1.54) is 4.73 Å². The van der Waals surface area contributed by atoms with Gasteiger partial charge in [0.15, 0.2) is 0 Å². The molecule has 0 saturated heterocycles. The zero-order valence-electron chi connectivity index (χ0n) is 13.7.